The van der Waals surface area contributed by atoms with Gasteiger partial charge in [-0.05, 0) is 51.7 Å². The van der Waals surface area contributed by atoms with Crippen LogP contribution in [0.2, 0.25) is 0 Å². The summed E-state index contributed by atoms with van der Waals surface area (Å²) in [6, 6.07) is 7.64. The van der Waals surface area contributed by atoms with Crippen LogP contribution >= 0.6 is 7.75 Å². The van der Waals surface area contributed by atoms with E-state index in [1.54, 1.807) is 51.1 Å². The van der Waals surface area contributed by atoms with E-state index in [0.717, 1.165) is 25.7 Å². The third kappa shape index (κ3) is 6.79. The number of aliphatic hydroxyl groups excluding tert-OH is 1. The number of aromatic nitrogens is 1. The topological polar surface area (TPSA) is 127 Å². The first-order chi connectivity index (χ1) is 16.2. The van der Waals surface area contributed by atoms with Crippen molar-refractivity contribution in [1.82, 2.24) is 10.1 Å². The van der Waals surface area contributed by atoms with Crippen LogP contribution in [0.25, 0.3) is 0 Å². The van der Waals surface area contributed by atoms with Crippen molar-refractivity contribution in [1.29, 1.82) is 0 Å². The van der Waals surface area contributed by atoms with Gasteiger partial charge in [0.15, 0.2) is 0 Å². The van der Waals surface area contributed by atoms with Crippen molar-refractivity contribution in [3.05, 3.63) is 53.3 Å². The number of pyridine rings is 1. The molecule has 34 heavy (non-hydrogen) atoms. The molecule has 0 spiro atoms. The van der Waals surface area contributed by atoms with Crippen LogP contribution < -0.4 is 9.61 Å². The number of aliphatic hydroxyl groups is 1. The minimum atomic E-state index is -4.11. The lowest BCUT2D eigenvalue weighted by atomic mass is 9.99. The molecule has 186 valence electrons. The van der Waals surface area contributed by atoms with Crippen molar-refractivity contribution >= 4 is 13.7 Å². The summed E-state index contributed by atoms with van der Waals surface area (Å²) in [6.45, 7) is 4.40. The van der Waals surface area contributed by atoms with E-state index in [0.29, 0.717) is 17.0 Å². The molecule has 9 nitrogen and oxygen atoms in total. The highest BCUT2D eigenvalue weighted by atomic mass is 31.2. The molecule has 0 amide bonds. The fraction of sp³-hybridized carbons (Fsp3) is 0.500. The largest absolute Gasteiger partial charge is 0.506 e. The molecular weight excluding hydrogens is 459 g/mol. The van der Waals surface area contributed by atoms with Crippen molar-refractivity contribution in [3.63, 3.8) is 0 Å². The highest BCUT2D eigenvalue weighted by Gasteiger charge is 2.40. The molecule has 1 aliphatic rings. The van der Waals surface area contributed by atoms with Gasteiger partial charge in [-0.3, -0.25) is 14.3 Å². The zero-order valence-corrected chi connectivity index (χ0v) is 20.7. The van der Waals surface area contributed by atoms with E-state index in [1.807, 2.05) is 0 Å². The third-order valence-electron chi connectivity index (χ3n) is 5.72. The Morgan fingerprint density at radius 3 is 2.53 bits per heavy atom. The number of rotatable bonds is 11. The maximum atomic E-state index is 14.0. The number of nitrogens with zero attached hydrogens (tertiary/aromatic N) is 1. The first kappa shape index (κ1) is 26.2. The van der Waals surface area contributed by atoms with E-state index < -0.39 is 26.4 Å². The van der Waals surface area contributed by atoms with Crippen molar-refractivity contribution in [2.45, 2.75) is 71.8 Å². The molecule has 0 aliphatic heterocycles. The smallest absolute Gasteiger partial charge is 0.459 e. The maximum Gasteiger partial charge on any atom is 0.459 e. The van der Waals surface area contributed by atoms with Gasteiger partial charge in [0.05, 0.1) is 25.0 Å². The Kier molecular flexibility index (Phi) is 9.08. The van der Waals surface area contributed by atoms with E-state index in [-0.39, 0.29) is 29.9 Å². The predicted octanol–water partition coefficient (Wildman–Crippen LogP) is 4.39. The summed E-state index contributed by atoms with van der Waals surface area (Å²) in [4.78, 5) is 17.0. The maximum absolute atomic E-state index is 14.0. The molecule has 3 rings (SSSR count). The Morgan fingerprint density at radius 2 is 1.91 bits per heavy atom. The van der Waals surface area contributed by atoms with E-state index in [2.05, 4.69) is 10.1 Å². The highest BCUT2D eigenvalue weighted by molar-refractivity contribution is 7.52. The summed E-state index contributed by atoms with van der Waals surface area (Å²) < 4.78 is 30.9. The Labute approximate surface area is 200 Å². The lowest BCUT2D eigenvalue weighted by Crippen LogP contribution is -2.43. The Morgan fingerprint density at radius 1 is 1.24 bits per heavy atom. The van der Waals surface area contributed by atoms with Crippen LogP contribution in [0, 0.1) is 12.8 Å². The SMILES string of the molecule is Cc1ncc(COP(=O)(N[C@H](C(=O)OC(C)C)C2CCCC2)Oc2ccccc2)c(CO)c1O. The molecule has 0 bridgehead atoms. The van der Waals surface area contributed by atoms with Crippen molar-refractivity contribution in [2.75, 3.05) is 0 Å². The molecule has 0 saturated heterocycles. The quantitative estimate of drug-likeness (QED) is 0.309. The average Bonchev–Trinajstić information content (AvgIpc) is 3.33. The molecule has 10 heteroatoms. The van der Waals surface area contributed by atoms with Gasteiger partial charge in [0.2, 0.25) is 0 Å². The second-order valence-electron chi connectivity index (χ2n) is 8.67. The summed E-state index contributed by atoms with van der Waals surface area (Å²) >= 11 is 0. The number of carbonyl (C=O) groups excluding carboxylic acids is 1. The second kappa shape index (κ2) is 11.8. The Balaban J connectivity index is 1.89. The fourth-order valence-electron chi connectivity index (χ4n) is 3.97. The van der Waals surface area contributed by atoms with Crippen LogP contribution in [0.5, 0.6) is 11.5 Å². The Bertz CT molecular complexity index is 1010. The van der Waals surface area contributed by atoms with Gasteiger partial charge in [0, 0.05) is 17.3 Å². The molecule has 1 fully saturated rings. The van der Waals surface area contributed by atoms with Crippen LogP contribution in [-0.4, -0.2) is 33.3 Å². The van der Waals surface area contributed by atoms with Gasteiger partial charge >= 0.3 is 13.7 Å². The first-order valence-electron chi connectivity index (χ1n) is 11.5. The van der Waals surface area contributed by atoms with Crippen LogP contribution in [0.1, 0.15) is 56.4 Å². The number of aromatic hydroxyl groups is 1. The number of hydrogen-bond acceptors (Lipinski definition) is 8. The van der Waals surface area contributed by atoms with E-state index in [9.17, 15) is 19.6 Å². The van der Waals surface area contributed by atoms with Crippen LogP contribution in [0.4, 0.5) is 0 Å². The summed E-state index contributed by atoms with van der Waals surface area (Å²) in [5.41, 5.74) is 0.934. The monoisotopic (exact) mass is 492 g/mol. The van der Waals surface area contributed by atoms with Crippen molar-refractivity contribution in [3.8, 4) is 11.5 Å². The first-order valence-corrected chi connectivity index (χ1v) is 13.0. The number of esters is 1. The number of ether oxygens (including phenoxy) is 1. The zero-order valence-electron chi connectivity index (χ0n) is 19.8. The summed E-state index contributed by atoms with van der Waals surface area (Å²) in [6.07, 6.45) is 4.63. The minimum absolute atomic E-state index is 0.0689. The third-order valence-corrected chi connectivity index (χ3v) is 7.24. The van der Waals surface area contributed by atoms with Crippen LogP contribution in [0.15, 0.2) is 36.5 Å². The average molecular weight is 493 g/mol. The minimum Gasteiger partial charge on any atom is -0.506 e. The number of aryl methyl sites for hydroxylation is 1. The molecule has 2 atom stereocenters. The summed E-state index contributed by atoms with van der Waals surface area (Å²) in [7, 11) is -4.11. The molecule has 1 saturated carbocycles. The molecule has 1 unspecified atom stereocenters. The molecular formula is C24H33N2O7P. The molecule has 1 heterocycles. The predicted molar refractivity (Wildman–Crippen MR) is 126 cm³/mol. The zero-order chi connectivity index (χ0) is 24.7. The normalized spacial score (nSPS) is 16.9. The molecule has 0 radical (unpaired) electrons. The van der Waals surface area contributed by atoms with Gasteiger partial charge in [-0.2, -0.15) is 5.09 Å². The van der Waals surface area contributed by atoms with Gasteiger partial charge < -0.3 is 19.5 Å². The molecule has 3 N–H and O–H groups in total. The summed E-state index contributed by atoms with van der Waals surface area (Å²) in [5, 5.41) is 22.8. The number of hydrogen-bond donors (Lipinski definition) is 3. The molecule has 1 aliphatic carbocycles. The summed E-state index contributed by atoms with van der Waals surface area (Å²) in [5.74, 6) is -0.429. The standard InChI is InChI=1S/C24H33N2O7P/c1-16(2)32-24(29)22(18-9-7-8-10-18)26-34(30,33-20-11-5-4-6-12-20)31-15-19-13-25-17(3)23(28)21(19)14-27/h4-6,11-13,16,18,22,27-28H,7-10,14-15H2,1-3H3,(H,26,30)/t22-,34?/m0/s1. The van der Waals surface area contributed by atoms with E-state index in [1.165, 1.54) is 6.20 Å². The number of carbonyl (C=O) groups is 1. The lowest BCUT2D eigenvalue weighted by molar-refractivity contribution is -0.151. The van der Waals surface area contributed by atoms with E-state index in [4.69, 9.17) is 13.8 Å². The second-order valence-corrected chi connectivity index (χ2v) is 10.4. The Hall–Kier alpha value is -2.45. The van der Waals surface area contributed by atoms with Gasteiger partial charge in [-0.15, -0.1) is 0 Å². The van der Waals surface area contributed by atoms with Gasteiger partial charge in [-0.25, -0.2) is 4.57 Å². The van der Waals surface area contributed by atoms with Crippen molar-refractivity contribution < 1.29 is 33.4 Å². The van der Waals surface area contributed by atoms with Crippen LogP contribution in [-0.2, 0) is 31.8 Å². The molecule has 2 aromatic rings. The van der Waals surface area contributed by atoms with Gasteiger partial charge in [-0.1, -0.05) is 31.0 Å². The van der Waals surface area contributed by atoms with Crippen molar-refractivity contribution in [2.24, 2.45) is 5.92 Å². The lowest BCUT2D eigenvalue weighted by Gasteiger charge is -2.28. The van der Waals surface area contributed by atoms with Crippen LogP contribution in [0.3, 0.4) is 0 Å². The molecule has 1 aromatic heterocycles. The van der Waals surface area contributed by atoms with Gasteiger partial charge in [0.25, 0.3) is 0 Å². The molecule has 1 aromatic carbocycles. The number of para-hydroxylation sites is 1. The number of nitrogens with one attached hydrogen (secondary N) is 1. The van der Waals surface area contributed by atoms with E-state index >= 15 is 0 Å². The highest BCUT2D eigenvalue weighted by Crippen LogP contribution is 2.47. The van der Waals surface area contributed by atoms with Gasteiger partial charge in [0.1, 0.15) is 17.5 Å². The fourth-order valence-corrected chi connectivity index (χ4v) is 5.51. The number of benzene rings is 1.